The normalized spacial score (nSPS) is 12.7. The first-order chi connectivity index (χ1) is 24.1. The van der Waals surface area contributed by atoms with Gasteiger partial charge >= 0.3 is 315 Å². The van der Waals surface area contributed by atoms with E-state index in [1.165, 1.54) is 20.4 Å². The first kappa shape index (κ1) is 43.4. The molecule has 4 heterocycles. The summed E-state index contributed by atoms with van der Waals surface area (Å²) in [4.78, 5) is 6.66. The van der Waals surface area contributed by atoms with Crippen molar-refractivity contribution in [2.24, 2.45) is 0 Å². The minimum atomic E-state index is -3.96. The van der Waals surface area contributed by atoms with Crippen LogP contribution in [-0.4, -0.2) is 44.8 Å². The third-order valence-corrected chi connectivity index (χ3v) is 38.2. The van der Waals surface area contributed by atoms with Gasteiger partial charge in [-0.2, -0.15) is 0 Å². The molecule has 278 valence electrons. The first-order valence-electron chi connectivity index (χ1n) is 18.0. The zero-order chi connectivity index (χ0) is 36.4. The van der Waals surface area contributed by atoms with Gasteiger partial charge in [0.25, 0.3) is 0 Å². The van der Waals surface area contributed by atoms with Gasteiger partial charge in [-0.1, -0.05) is 0 Å². The van der Waals surface area contributed by atoms with Crippen molar-refractivity contribution in [3.63, 3.8) is 0 Å². The number of unbranched alkanes of at least 4 members (excludes halogenated alkanes) is 3. The van der Waals surface area contributed by atoms with Gasteiger partial charge in [0.15, 0.2) is 0 Å². The molecule has 4 rings (SSSR count). The van der Waals surface area contributed by atoms with E-state index in [1.54, 1.807) is 45.3 Å². The zero-order valence-corrected chi connectivity index (χ0v) is 40.6. The van der Waals surface area contributed by atoms with Crippen LogP contribution in [0, 0.1) is 2.88 Å². The van der Waals surface area contributed by atoms with Crippen LogP contribution in [0.15, 0.2) is 36.4 Å². The van der Waals surface area contributed by atoms with E-state index in [0.717, 1.165) is 66.5 Å². The van der Waals surface area contributed by atoms with Gasteiger partial charge in [-0.25, -0.2) is 0 Å². The van der Waals surface area contributed by atoms with Gasteiger partial charge in [-0.05, 0) is 22.6 Å². The van der Waals surface area contributed by atoms with Gasteiger partial charge in [0.2, 0.25) is 0 Å². The average molecular weight is 1020 g/mol. The predicted octanol–water partition coefficient (Wildman–Crippen LogP) is 13.4. The number of halogens is 1. The summed E-state index contributed by atoms with van der Waals surface area (Å²) in [5.74, 6) is 0. The Morgan fingerprint density at radius 2 is 0.920 bits per heavy atom. The summed E-state index contributed by atoms with van der Waals surface area (Å²) in [5, 5.41) is 0.941. The van der Waals surface area contributed by atoms with Gasteiger partial charge in [-0.3, -0.25) is 0 Å². The molecule has 0 saturated heterocycles. The van der Waals surface area contributed by atoms with E-state index in [9.17, 15) is 0 Å². The third kappa shape index (κ3) is 10.1. The molecule has 0 aromatic carbocycles. The second kappa shape index (κ2) is 20.5. The van der Waals surface area contributed by atoms with Crippen LogP contribution in [0.2, 0.25) is 13.3 Å². The molecule has 0 bridgehead atoms. The minimum absolute atomic E-state index is 0.195. The van der Waals surface area contributed by atoms with Crippen molar-refractivity contribution in [2.75, 3.05) is 26.4 Å². The molecule has 0 aliphatic heterocycles. The van der Waals surface area contributed by atoms with Crippen LogP contribution >= 0.6 is 83.1 Å². The van der Waals surface area contributed by atoms with Crippen LogP contribution in [0.25, 0.3) is 29.3 Å². The molecule has 0 unspecified atom stereocenters. The van der Waals surface area contributed by atoms with Gasteiger partial charge in [-0.15, -0.1) is 0 Å². The average Bonchev–Trinajstić information content (AvgIpc) is 3.91. The Hall–Kier alpha value is 0.629. The van der Waals surface area contributed by atoms with Crippen molar-refractivity contribution in [1.82, 2.24) is 0 Å². The second-order valence-corrected chi connectivity index (χ2v) is 36.3. The van der Waals surface area contributed by atoms with Crippen molar-refractivity contribution < 1.29 is 27.2 Å². The fourth-order valence-corrected chi connectivity index (χ4v) is 39.2. The molecular weight excluding hydrogens is 964 g/mol. The molecule has 14 heteroatoms. The Bertz CT molecular complexity index is 1710. The molecule has 4 aromatic rings. The number of hydrogen-bond donors (Lipinski definition) is 0. The molecular formula is C36H53IO6P2S4Sn. The van der Waals surface area contributed by atoms with Crippen molar-refractivity contribution in [1.29, 1.82) is 0 Å². The quantitative estimate of drug-likeness (QED) is 0.0419. The van der Waals surface area contributed by atoms with E-state index < -0.39 is 33.6 Å². The molecule has 0 saturated carbocycles. The molecule has 0 aliphatic carbocycles. The number of thiophene rings is 4. The van der Waals surface area contributed by atoms with Gasteiger partial charge in [0, 0.05) is 0 Å². The Morgan fingerprint density at radius 1 is 0.540 bits per heavy atom. The summed E-state index contributed by atoms with van der Waals surface area (Å²) >= 11 is 5.96. The van der Waals surface area contributed by atoms with Crippen LogP contribution in [0.4, 0.5) is 0 Å². The molecule has 0 amide bonds. The van der Waals surface area contributed by atoms with Crippen LogP contribution in [-0.2, 0) is 27.2 Å². The molecule has 0 spiro atoms. The summed E-state index contributed by atoms with van der Waals surface area (Å²) in [5.41, 5.74) is 0. The fourth-order valence-electron chi connectivity index (χ4n) is 6.36. The van der Waals surface area contributed by atoms with Gasteiger partial charge < -0.3 is 0 Å². The van der Waals surface area contributed by atoms with Crippen molar-refractivity contribution in [3.8, 4) is 29.3 Å². The van der Waals surface area contributed by atoms with Crippen molar-refractivity contribution in [2.45, 2.75) is 100 Å². The van der Waals surface area contributed by atoms with Crippen LogP contribution in [0.1, 0.15) is 87.0 Å². The summed E-state index contributed by atoms with van der Waals surface area (Å²) in [6, 6.07) is 13.0. The van der Waals surface area contributed by atoms with Crippen molar-refractivity contribution >= 4 is 115 Å². The summed E-state index contributed by atoms with van der Waals surface area (Å²) < 4.78 is 61.3. The Kier molecular flexibility index (Phi) is 17.8. The third-order valence-electron chi connectivity index (χ3n) is 8.61. The Morgan fingerprint density at radius 3 is 1.32 bits per heavy atom. The monoisotopic (exact) mass is 1020 g/mol. The van der Waals surface area contributed by atoms with Crippen LogP contribution in [0.5, 0.6) is 0 Å². The zero-order valence-electron chi connectivity index (χ0n) is 30.5. The fraction of sp³-hybridized carbons (Fsp3) is 0.556. The molecule has 0 fully saturated rings. The number of hydrogen-bond acceptors (Lipinski definition) is 10. The van der Waals surface area contributed by atoms with Crippen molar-refractivity contribution in [3.05, 3.63) is 39.3 Å². The molecule has 0 N–H and O–H groups in total. The summed E-state index contributed by atoms with van der Waals surface area (Å²) in [6.45, 7) is 15.0. The SMILES string of the molecule is CCC[CH2][Sn]([CH2]CCC)([CH2]CCC)[c]1sc(-c2ccc(-c3ccc(-c4ccc(I)s4)s3)s2)c(P(=O)(OCC)OCC)c1P(=O)(OCC)OCC. The molecule has 0 aliphatic rings. The standard InChI is InChI=1S/C24H26IO6P2S4.3C4H9.Sn/c1-5-28-32(26,29-6-2)16-15-34-24(23(16)33(27,30-7-3)31-8-4)21-12-11-18(36-21)17-9-10-19(35-17)20-13-14-22(25)37-20;3*1-3-4-2;/h9-14H,5-8H2,1-4H3;3*1,3-4H2,2H3;. The van der Waals surface area contributed by atoms with Crippen LogP contribution < -0.4 is 13.5 Å². The molecule has 6 nitrogen and oxygen atoms in total. The molecule has 4 aromatic heterocycles. The molecule has 50 heavy (non-hydrogen) atoms. The van der Waals surface area contributed by atoms with E-state index in [1.807, 2.05) is 27.7 Å². The number of rotatable bonds is 23. The first-order valence-corrected chi connectivity index (χ1v) is 32.9. The molecule has 0 radical (unpaired) electrons. The van der Waals surface area contributed by atoms with Crippen LogP contribution in [0.3, 0.4) is 0 Å². The second-order valence-electron chi connectivity index (χ2n) is 12.1. The van der Waals surface area contributed by atoms with E-state index in [4.69, 9.17) is 18.1 Å². The molecule has 0 atom stereocenters. The summed E-state index contributed by atoms with van der Waals surface area (Å²) in [7, 11) is -7.88. The maximum absolute atomic E-state index is 15.4. The Labute approximate surface area is 334 Å². The summed E-state index contributed by atoms with van der Waals surface area (Å²) in [6.07, 6.45) is 6.68. The van der Waals surface area contributed by atoms with Gasteiger partial charge in [0.1, 0.15) is 0 Å². The van der Waals surface area contributed by atoms with E-state index in [2.05, 4.69) is 79.8 Å². The van der Waals surface area contributed by atoms with E-state index in [0.29, 0.717) is 10.6 Å². The topological polar surface area (TPSA) is 71.1 Å². The predicted molar refractivity (Wildman–Crippen MR) is 232 cm³/mol. The van der Waals surface area contributed by atoms with E-state index >= 15 is 9.13 Å². The maximum atomic E-state index is 15.4. The van der Waals surface area contributed by atoms with Gasteiger partial charge in [0.05, 0.1) is 0 Å². The Balaban J connectivity index is 2.08. The van der Waals surface area contributed by atoms with E-state index in [-0.39, 0.29) is 26.4 Å².